The van der Waals surface area contributed by atoms with Crippen LogP contribution in [0.3, 0.4) is 0 Å². The van der Waals surface area contributed by atoms with Gasteiger partial charge >= 0.3 is 0 Å². The van der Waals surface area contributed by atoms with Crippen LogP contribution in [-0.4, -0.2) is 6.04 Å². The molecule has 0 amide bonds. The summed E-state index contributed by atoms with van der Waals surface area (Å²) in [5.41, 5.74) is 2.81. The lowest BCUT2D eigenvalue weighted by Gasteiger charge is -2.15. The summed E-state index contributed by atoms with van der Waals surface area (Å²) in [4.78, 5) is 0. The van der Waals surface area contributed by atoms with Gasteiger partial charge in [-0.1, -0.05) is 38.1 Å². The summed E-state index contributed by atoms with van der Waals surface area (Å²) in [6, 6.07) is 9.02. The molecule has 1 N–H and O–H groups in total. The lowest BCUT2D eigenvalue weighted by Crippen LogP contribution is -2.27. The minimum Gasteiger partial charge on any atom is -0.309 e. The van der Waals surface area contributed by atoms with E-state index in [2.05, 4.69) is 49.4 Å². The Balaban J connectivity index is 2.56. The van der Waals surface area contributed by atoms with Crippen molar-refractivity contribution in [3.8, 4) is 12.3 Å². The van der Waals surface area contributed by atoms with Gasteiger partial charge in [-0.3, -0.25) is 0 Å². The molecular formula is C15H21N. The van der Waals surface area contributed by atoms with Gasteiger partial charge in [0, 0.05) is 19.0 Å². The zero-order valence-corrected chi connectivity index (χ0v) is 10.3. The Morgan fingerprint density at radius 3 is 2.50 bits per heavy atom. The van der Waals surface area contributed by atoms with Crippen molar-refractivity contribution in [1.29, 1.82) is 0 Å². The molecule has 16 heavy (non-hydrogen) atoms. The van der Waals surface area contributed by atoms with Crippen LogP contribution in [0.15, 0.2) is 24.3 Å². The van der Waals surface area contributed by atoms with Crippen LogP contribution < -0.4 is 5.32 Å². The quantitative estimate of drug-likeness (QED) is 0.719. The van der Waals surface area contributed by atoms with Crippen LogP contribution in [0.5, 0.6) is 0 Å². The molecule has 1 nitrogen and oxygen atoms in total. The minimum atomic E-state index is 0.440. The van der Waals surface area contributed by atoms with Gasteiger partial charge < -0.3 is 5.32 Å². The highest BCUT2D eigenvalue weighted by molar-refractivity contribution is 5.26. The molecule has 0 saturated heterocycles. The number of benzene rings is 1. The van der Waals surface area contributed by atoms with Crippen molar-refractivity contribution in [3.63, 3.8) is 0 Å². The predicted molar refractivity (Wildman–Crippen MR) is 70.2 cm³/mol. The first-order valence-corrected chi connectivity index (χ1v) is 6.05. The van der Waals surface area contributed by atoms with Gasteiger partial charge in [-0.05, 0) is 24.0 Å². The maximum absolute atomic E-state index is 5.34. The zero-order valence-electron chi connectivity index (χ0n) is 10.3. The highest BCUT2D eigenvalue weighted by atomic mass is 14.9. The Morgan fingerprint density at radius 2 is 1.94 bits per heavy atom. The van der Waals surface area contributed by atoms with Gasteiger partial charge in [0.15, 0.2) is 0 Å². The van der Waals surface area contributed by atoms with Gasteiger partial charge in [-0.2, -0.15) is 0 Å². The van der Waals surface area contributed by atoms with Gasteiger partial charge in [0.2, 0.25) is 0 Å². The van der Waals surface area contributed by atoms with Gasteiger partial charge in [0.1, 0.15) is 0 Å². The first-order valence-electron chi connectivity index (χ1n) is 6.05. The van der Waals surface area contributed by atoms with Crippen LogP contribution >= 0.6 is 0 Å². The summed E-state index contributed by atoms with van der Waals surface area (Å²) in [6.45, 7) is 5.28. The van der Waals surface area contributed by atoms with E-state index >= 15 is 0 Å². The highest BCUT2D eigenvalue weighted by Crippen LogP contribution is 2.10. The second-order valence-electron chi connectivity index (χ2n) is 4.02. The average molecular weight is 215 g/mol. The largest absolute Gasteiger partial charge is 0.309 e. The molecule has 1 aromatic rings. The van der Waals surface area contributed by atoms with Gasteiger partial charge in [0.25, 0.3) is 0 Å². The molecule has 0 aliphatic heterocycles. The Bertz CT molecular complexity index is 349. The van der Waals surface area contributed by atoms with Crippen LogP contribution in [0.25, 0.3) is 0 Å². The second-order valence-corrected chi connectivity index (χ2v) is 4.02. The number of nitrogens with one attached hydrogen (secondary N) is 1. The third kappa shape index (κ3) is 3.72. The third-order valence-corrected chi connectivity index (χ3v) is 2.94. The topological polar surface area (TPSA) is 12.0 Å². The van der Waals surface area contributed by atoms with E-state index in [1.165, 1.54) is 11.1 Å². The summed E-state index contributed by atoms with van der Waals surface area (Å²) in [6.07, 6.45) is 8.32. The van der Waals surface area contributed by atoms with Gasteiger partial charge in [-0.25, -0.2) is 0 Å². The van der Waals surface area contributed by atoms with E-state index in [4.69, 9.17) is 6.42 Å². The number of rotatable bonds is 6. The van der Waals surface area contributed by atoms with E-state index in [-0.39, 0.29) is 0 Å². The van der Waals surface area contributed by atoms with Crippen molar-refractivity contribution in [2.45, 2.75) is 45.7 Å². The van der Waals surface area contributed by atoms with Gasteiger partial charge in [0.05, 0.1) is 0 Å². The van der Waals surface area contributed by atoms with Crippen LogP contribution in [-0.2, 0) is 13.0 Å². The van der Waals surface area contributed by atoms with Crippen LogP contribution in [0.1, 0.15) is 37.8 Å². The van der Waals surface area contributed by atoms with Crippen LogP contribution in [0, 0.1) is 12.3 Å². The summed E-state index contributed by atoms with van der Waals surface area (Å²) < 4.78 is 0. The molecular weight excluding hydrogens is 194 g/mol. The summed E-state index contributed by atoms with van der Waals surface area (Å²) in [5, 5.41) is 3.52. The molecule has 0 spiro atoms. The molecule has 1 aromatic carbocycles. The highest BCUT2D eigenvalue weighted by Gasteiger charge is 2.05. The van der Waals surface area contributed by atoms with E-state index in [0.29, 0.717) is 6.04 Å². The van der Waals surface area contributed by atoms with Crippen molar-refractivity contribution in [2.75, 3.05) is 0 Å². The number of terminal acetylenes is 1. The fraction of sp³-hybridized carbons (Fsp3) is 0.467. The summed E-state index contributed by atoms with van der Waals surface area (Å²) >= 11 is 0. The van der Waals surface area contributed by atoms with E-state index in [1.807, 2.05) is 0 Å². The average Bonchev–Trinajstić information content (AvgIpc) is 2.34. The van der Waals surface area contributed by atoms with E-state index < -0.39 is 0 Å². The molecule has 0 heterocycles. The maximum atomic E-state index is 5.34. The molecule has 1 unspecified atom stereocenters. The van der Waals surface area contributed by atoms with E-state index in [9.17, 15) is 0 Å². The first-order chi connectivity index (χ1) is 7.81. The minimum absolute atomic E-state index is 0.440. The predicted octanol–water partition coefficient (Wildman–Crippen LogP) is 3.14. The molecule has 1 rings (SSSR count). The molecule has 0 bridgehead atoms. The summed E-state index contributed by atoms with van der Waals surface area (Å²) in [7, 11) is 0. The van der Waals surface area contributed by atoms with Crippen molar-refractivity contribution in [2.24, 2.45) is 0 Å². The third-order valence-electron chi connectivity index (χ3n) is 2.94. The molecule has 86 valence electrons. The SMILES string of the molecule is C#CCC(CC)NCc1ccccc1CC. The van der Waals surface area contributed by atoms with E-state index in [1.54, 1.807) is 0 Å². The second kappa shape index (κ2) is 7.09. The number of aryl methyl sites for hydroxylation is 1. The zero-order chi connectivity index (χ0) is 11.8. The molecule has 1 atom stereocenters. The monoisotopic (exact) mass is 215 g/mol. The number of hydrogen-bond acceptors (Lipinski definition) is 1. The van der Waals surface area contributed by atoms with Crippen molar-refractivity contribution in [3.05, 3.63) is 35.4 Å². The van der Waals surface area contributed by atoms with Crippen LogP contribution in [0.2, 0.25) is 0 Å². The molecule has 0 aliphatic rings. The molecule has 0 radical (unpaired) electrons. The van der Waals surface area contributed by atoms with Gasteiger partial charge in [-0.15, -0.1) is 12.3 Å². The lowest BCUT2D eigenvalue weighted by molar-refractivity contribution is 0.505. The lowest BCUT2D eigenvalue weighted by atomic mass is 10.0. The fourth-order valence-corrected chi connectivity index (χ4v) is 1.83. The van der Waals surface area contributed by atoms with Crippen LogP contribution in [0.4, 0.5) is 0 Å². The first kappa shape index (κ1) is 12.8. The molecule has 0 saturated carbocycles. The molecule has 0 aliphatic carbocycles. The van der Waals surface area contributed by atoms with Crippen molar-refractivity contribution in [1.82, 2.24) is 5.32 Å². The normalized spacial score (nSPS) is 12.1. The Hall–Kier alpha value is -1.26. The Labute approximate surface area is 99.3 Å². The standard InChI is InChI=1S/C15H21N/c1-4-9-15(6-3)16-12-14-11-8-7-10-13(14)5-2/h1,7-8,10-11,15-16H,5-6,9,12H2,2-3H3. The summed E-state index contributed by atoms with van der Waals surface area (Å²) in [5.74, 6) is 2.72. The Kier molecular flexibility index (Phi) is 5.67. The fourth-order valence-electron chi connectivity index (χ4n) is 1.83. The maximum Gasteiger partial charge on any atom is 0.0240 e. The van der Waals surface area contributed by atoms with Crippen molar-refractivity contribution < 1.29 is 0 Å². The Morgan fingerprint density at radius 1 is 1.25 bits per heavy atom. The van der Waals surface area contributed by atoms with E-state index in [0.717, 1.165) is 25.8 Å². The number of hydrogen-bond donors (Lipinski definition) is 1. The molecule has 0 fully saturated rings. The van der Waals surface area contributed by atoms with Crippen molar-refractivity contribution >= 4 is 0 Å². The smallest absolute Gasteiger partial charge is 0.0240 e. The molecule has 0 aromatic heterocycles. The molecule has 1 heteroatoms.